The first-order valence-electron chi connectivity index (χ1n) is 4.69. The Morgan fingerprint density at radius 2 is 2.35 bits per heavy atom. The van der Waals surface area contributed by atoms with Crippen LogP contribution in [0.15, 0.2) is 27.0 Å². The lowest BCUT2D eigenvalue weighted by atomic mass is 10.5. The van der Waals surface area contributed by atoms with Crippen molar-refractivity contribution in [3.63, 3.8) is 0 Å². The molecule has 5 nitrogen and oxygen atoms in total. The summed E-state index contributed by atoms with van der Waals surface area (Å²) in [5.74, 6) is -1.13. The van der Waals surface area contributed by atoms with Crippen LogP contribution in [0.2, 0.25) is 0 Å². The number of carboxylic acids is 1. The van der Waals surface area contributed by atoms with Crippen LogP contribution in [-0.4, -0.2) is 20.3 Å². The van der Waals surface area contributed by atoms with Crippen molar-refractivity contribution in [3.05, 3.63) is 34.0 Å². The van der Waals surface area contributed by atoms with Gasteiger partial charge in [0.05, 0.1) is 16.6 Å². The maximum Gasteiger partial charge on any atom is 0.371 e. The molecule has 0 aliphatic heterocycles. The Labute approximate surface area is 104 Å². The van der Waals surface area contributed by atoms with Crippen molar-refractivity contribution < 1.29 is 18.5 Å². The molecule has 0 fully saturated rings. The zero-order valence-corrected chi connectivity index (χ0v) is 10.5. The predicted molar refractivity (Wildman–Crippen MR) is 62.6 cm³/mol. The third-order valence-electron chi connectivity index (χ3n) is 1.94. The number of furan rings is 1. The normalized spacial score (nSPS) is 12.5. The fourth-order valence-corrected chi connectivity index (χ4v) is 3.19. The number of thiazole rings is 1. The lowest BCUT2D eigenvalue weighted by Gasteiger charge is -1.94. The van der Waals surface area contributed by atoms with E-state index in [4.69, 9.17) is 9.52 Å². The number of aromatic carboxylic acids is 1. The fourth-order valence-electron chi connectivity index (χ4n) is 1.21. The van der Waals surface area contributed by atoms with Crippen LogP contribution in [0.5, 0.6) is 0 Å². The summed E-state index contributed by atoms with van der Waals surface area (Å²) in [7, 11) is -1.40. The summed E-state index contributed by atoms with van der Waals surface area (Å²) in [5.41, 5.74) is 0.882. The van der Waals surface area contributed by atoms with Gasteiger partial charge in [0.25, 0.3) is 0 Å². The molecule has 0 aliphatic rings. The van der Waals surface area contributed by atoms with Crippen molar-refractivity contribution in [1.29, 1.82) is 0 Å². The molecular weight excluding hydrogens is 262 g/mol. The lowest BCUT2D eigenvalue weighted by molar-refractivity contribution is 0.0656. The Hall–Kier alpha value is -1.47. The first kappa shape index (κ1) is 12.0. The molecule has 7 heteroatoms. The molecule has 0 aromatic carbocycles. The number of nitrogens with zero attached hydrogens (tertiary/aromatic N) is 1. The molecule has 90 valence electrons. The maximum atomic E-state index is 11.9. The van der Waals surface area contributed by atoms with Crippen LogP contribution < -0.4 is 0 Å². The van der Waals surface area contributed by atoms with Gasteiger partial charge in [0, 0.05) is 11.1 Å². The van der Waals surface area contributed by atoms with Crippen LogP contribution >= 0.6 is 11.3 Å². The summed E-state index contributed by atoms with van der Waals surface area (Å²) < 4.78 is 16.8. The number of aromatic nitrogens is 1. The molecule has 0 amide bonds. The van der Waals surface area contributed by atoms with Crippen LogP contribution in [0.1, 0.15) is 21.3 Å². The van der Waals surface area contributed by atoms with Gasteiger partial charge >= 0.3 is 5.97 Å². The minimum atomic E-state index is -1.40. The molecule has 0 aliphatic carbocycles. The summed E-state index contributed by atoms with van der Waals surface area (Å²) in [6, 6.07) is 2.71. The van der Waals surface area contributed by atoms with Gasteiger partial charge in [-0.1, -0.05) is 0 Å². The Kier molecular flexibility index (Phi) is 3.39. The summed E-state index contributed by atoms with van der Waals surface area (Å²) in [6.45, 7) is 1.86. The summed E-state index contributed by atoms with van der Waals surface area (Å²) >= 11 is 1.42. The van der Waals surface area contributed by atoms with Gasteiger partial charge in [-0.3, -0.25) is 4.21 Å². The van der Waals surface area contributed by atoms with E-state index in [1.807, 2.05) is 12.3 Å². The molecule has 2 aromatic heterocycles. The molecule has 2 aromatic rings. The van der Waals surface area contributed by atoms with Gasteiger partial charge in [0.15, 0.2) is 5.09 Å². The van der Waals surface area contributed by atoms with Gasteiger partial charge in [-0.25, -0.2) is 9.78 Å². The van der Waals surface area contributed by atoms with E-state index in [0.29, 0.717) is 0 Å². The second-order valence-corrected chi connectivity index (χ2v) is 5.62. The zero-order chi connectivity index (χ0) is 12.4. The van der Waals surface area contributed by atoms with E-state index in [-0.39, 0.29) is 16.6 Å². The standard InChI is InChI=1S/C10H9NO4S2/c1-6-4-16-8(11-6)5-17(14)9-3-2-7(15-9)10(12)13/h2-4H,5H2,1H3,(H,12,13). The lowest BCUT2D eigenvalue weighted by Crippen LogP contribution is -1.96. The van der Waals surface area contributed by atoms with E-state index in [0.717, 1.165) is 10.7 Å². The molecule has 0 saturated carbocycles. The zero-order valence-electron chi connectivity index (χ0n) is 8.87. The molecule has 1 N–H and O–H groups in total. The second kappa shape index (κ2) is 4.80. The van der Waals surface area contributed by atoms with Crippen molar-refractivity contribution in [3.8, 4) is 0 Å². The monoisotopic (exact) mass is 271 g/mol. The molecule has 17 heavy (non-hydrogen) atoms. The van der Waals surface area contributed by atoms with E-state index >= 15 is 0 Å². The molecule has 0 radical (unpaired) electrons. The maximum absolute atomic E-state index is 11.9. The smallest absolute Gasteiger partial charge is 0.371 e. The third-order valence-corrected chi connectivity index (χ3v) is 4.29. The Bertz CT molecular complexity index is 572. The first-order chi connectivity index (χ1) is 8.06. The molecule has 0 bridgehead atoms. The van der Waals surface area contributed by atoms with Crippen molar-refractivity contribution in [1.82, 2.24) is 4.98 Å². The van der Waals surface area contributed by atoms with E-state index in [1.165, 1.54) is 23.5 Å². The van der Waals surface area contributed by atoms with Gasteiger partial charge in [-0.05, 0) is 19.1 Å². The number of aryl methyl sites for hydroxylation is 1. The molecule has 0 saturated heterocycles. The van der Waals surface area contributed by atoms with Crippen LogP contribution in [0.25, 0.3) is 0 Å². The summed E-state index contributed by atoms with van der Waals surface area (Å²) in [5, 5.41) is 11.4. The van der Waals surface area contributed by atoms with E-state index in [1.54, 1.807) is 0 Å². The highest BCUT2D eigenvalue weighted by molar-refractivity contribution is 7.84. The number of rotatable bonds is 4. The molecular formula is C10H9NO4S2. The van der Waals surface area contributed by atoms with E-state index < -0.39 is 16.8 Å². The average Bonchev–Trinajstić information content (AvgIpc) is 2.86. The molecule has 2 rings (SSSR count). The number of carboxylic acid groups (broad SMARTS) is 1. The highest BCUT2D eigenvalue weighted by atomic mass is 32.2. The van der Waals surface area contributed by atoms with Gasteiger partial charge in [-0.2, -0.15) is 0 Å². The van der Waals surface area contributed by atoms with Crippen molar-refractivity contribution in [2.24, 2.45) is 0 Å². The van der Waals surface area contributed by atoms with Crippen LogP contribution in [0, 0.1) is 6.92 Å². The van der Waals surface area contributed by atoms with Crippen LogP contribution in [0.3, 0.4) is 0 Å². The van der Waals surface area contributed by atoms with Crippen LogP contribution in [-0.2, 0) is 16.6 Å². The third kappa shape index (κ3) is 2.80. The Morgan fingerprint density at radius 3 is 2.88 bits per heavy atom. The van der Waals surface area contributed by atoms with Crippen molar-refractivity contribution >= 4 is 28.1 Å². The van der Waals surface area contributed by atoms with Crippen molar-refractivity contribution in [2.75, 3.05) is 0 Å². The number of hydrogen-bond donors (Lipinski definition) is 1. The Morgan fingerprint density at radius 1 is 1.59 bits per heavy atom. The average molecular weight is 271 g/mol. The first-order valence-corrected chi connectivity index (χ1v) is 6.88. The molecule has 1 atom stereocenters. The largest absolute Gasteiger partial charge is 0.475 e. The summed E-state index contributed by atoms with van der Waals surface area (Å²) in [6.07, 6.45) is 0. The van der Waals surface area contributed by atoms with Gasteiger partial charge in [0.2, 0.25) is 5.76 Å². The van der Waals surface area contributed by atoms with Gasteiger partial charge in [-0.15, -0.1) is 11.3 Å². The quantitative estimate of drug-likeness (QED) is 0.920. The second-order valence-electron chi connectivity index (χ2n) is 3.30. The summed E-state index contributed by atoms with van der Waals surface area (Å²) in [4.78, 5) is 14.8. The van der Waals surface area contributed by atoms with E-state index in [9.17, 15) is 9.00 Å². The van der Waals surface area contributed by atoms with Crippen molar-refractivity contribution in [2.45, 2.75) is 17.8 Å². The highest BCUT2D eigenvalue weighted by Gasteiger charge is 2.15. The van der Waals surface area contributed by atoms with Crippen LogP contribution in [0.4, 0.5) is 0 Å². The minimum Gasteiger partial charge on any atom is -0.475 e. The van der Waals surface area contributed by atoms with Gasteiger partial charge < -0.3 is 9.52 Å². The SMILES string of the molecule is Cc1csc(CS(=O)c2ccc(C(=O)O)o2)n1. The molecule has 2 heterocycles. The Balaban J connectivity index is 2.11. The fraction of sp³-hybridized carbons (Fsp3) is 0.200. The number of hydrogen-bond acceptors (Lipinski definition) is 5. The molecule has 1 unspecified atom stereocenters. The van der Waals surface area contributed by atoms with Gasteiger partial charge in [0.1, 0.15) is 5.01 Å². The molecule has 0 spiro atoms. The minimum absolute atomic E-state index is 0.162. The van der Waals surface area contributed by atoms with E-state index in [2.05, 4.69) is 4.98 Å². The highest BCUT2D eigenvalue weighted by Crippen LogP contribution is 2.18. The predicted octanol–water partition coefficient (Wildman–Crippen LogP) is 2.05. The topological polar surface area (TPSA) is 80.4 Å². The number of carbonyl (C=O) groups is 1.